The van der Waals surface area contributed by atoms with Gasteiger partial charge in [-0.2, -0.15) is 5.10 Å². The minimum absolute atomic E-state index is 0.187. The summed E-state index contributed by atoms with van der Waals surface area (Å²) in [5, 5.41) is 16.4. The van der Waals surface area contributed by atoms with Crippen molar-refractivity contribution in [2.24, 2.45) is 7.05 Å². The summed E-state index contributed by atoms with van der Waals surface area (Å²) in [5.74, 6) is -1.32. The third kappa shape index (κ3) is 1.61. The fourth-order valence-electron chi connectivity index (χ4n) is 1.18. The maximum Gasteiger partial charge on any atom is 0.374 e. The Morgan fingerprint density at radius 3 is 2.67 bits per heavy atom. The number of hydrogen-bond donors (Lipinski definition) is 1. The molecule has 0 saturated heterocycles. The van der Waals surface area contributed by atoms with Crippen LogP contribution in [0.5, 0.6) is 0 Å². The molecule has 0 aliphatic heterocycles. The predicted octanol–water partition coefficient (Wildman–Crippen LogP) is 1.08. The Balaban J connectivity index is 2.41. The molecule has 15 heavy (non-hydrogen) atoms. The second-order valence-corrected chi connectivity index (χ2v) is 3.18. The number of carboxylic acid groups (broad SMARTS) is 1. The van der Waals surface area contributed by atoms with E-state index in [9.17, 15) is 4.79 Å². The number of aryl methyl sites for hydroxylation is 2. The van der Waals surface area contributed by atoms with E-state index in [1.165, 1.54) is 6.07 Å². The van der Waals surface area contributed by atoms with Crippen LogP contribution in [0.25, 0.3) is 11.4 Å². The Labute approximate surface area is 85.1 Å². The zero-order valence-electron chi connectivity index (χ0n) is 8.26. The van der Waals surface area contributed by atoms with Gasteiger partial charge in [0.1, 0.15) is 11.4 Å². The molecule has 0 aliphatic rings. The van der Waals surface area contributed by atoms with E-state index in [0.29, 0.717) is 11.4 Å². The number of hydrogen-bond acceptors (Lipinski definition) is 4. The summed E-state index contributed by atoms with van der Waals surface area (Å²) < 4.78 is 6.32. The average Bonchev–Trinajstić information content (AvgIpc) is 2.74. The first-order valence-corrected chi connectivity index (χ1v) is 4.29. The highest BCUT2D eigenvalue weighted by Crippen LogP contribution is 2.18. The molecule has 0 aliphatic carbocycles. The number of carboxylic acids is 1. The van der Waals surface area contributed by atoms with E-state index in [1.807, 2.05) is 13.0 Å². The van der Waals surface area contributed by atoms with Crippen LogP contribution in [0.4, 0.5) is 0 Å². The highest BCUT2D eigenvalue weighted by molar-refractivity contribution is 5.85. The highest BCUT2D eigenvalue weighted by atomic mass is 16.5. The molecule has 6 heteroatoms. The van der Waals surface area contributed by atoms with Gasteiger partial charge in [-0.25, -0.2) is 4.79 Å². The van der Waals surface area contributed by atoms with Crippen LogP contribution in [-0.2, 0) is 7.05 Å². The summed E-state index contributed by atoms with van der Waals surface area (Å²) in [4.78, 5) is 10.6. The molecular formula is C9H9N3O3. The predicted molar refractivity (Wildman–Crippen MR) is 50.4 cm³/mol. The fourth-order valence-corrected chi connectivity index (χ4v) is 1.18. The van der Waals surface area contributed by atoms with Crippen LogP contribution in [-0.4, -0.2) is 26.0 Å². The second kappa shape index (κ2) is 3.23. The standard InChI is InChI=1S/C9H9N3O3/c1-5-3-6(10-12(5)2)7-4-8(9(13)14)15-11-7/h3-4H,1-2H3,(H,13,14). The minimum Gasteiger partial charge on any atom is -0.475 e. The van der Waals surface area contributed by atoms with Gasteiger partial charge in [0.05, 0.1) is 0 Å². The van der Waals surface area contributed by atoms with Crippen LogP contribution in [0.3, 0.4) is 0 Å². The monoisotopic (exact) mass is 207 g/mol. The lowest BCUT2D eigenvalue weighted by Gasteiger charge is -1.88. The topological polar surface area (TPSA) is 81.2 Å². The molecule has 78 valence electrons. The van der Waals surface area contributed by atoms with Crippen molar-refractivity contribution in [1.82, 2.24) is 14.9 Å². The van der Waals surface area contributed by atoms with Gasteiger partial charge in [-0.1, -0.05) is 5.16 Å². The van der Waals surface area contributed by atoms with E-state index in [4.69, 9.17) is 5.11 Å². The molecular weight excluding hydrogens is 198 g/mol. The third-order valence-corrected chi connectivity index (χ3v) is 2.10. The lowest BCUT2D eigenvalue weighted by molar-refractivity contribution is 0.0652. The highest BCUT2D eigenvalue weighted by Gasteiger charge is 2.14. The molecule has 0 unspecified atom stereocenters. The van der Waals surface area contributed by atoms with Crippen molar-refractivity contribution >= 4 is 5.97 Å². The molecule has 0 amide bonds. The molecule has 1 N–H and O–H groups in total. The van der Waals surface area contributed by atoms with Crippen LogP contribution in [0, 0.1) is 6.92 Å². The summed E-state index contributed by atoms with van der Waals surface area (Å²) in [7, 11) is 1.80. The van der Waals surface area contributed by atoms with E-state index in [0.717, 1.165) is 5.69 Å². The molecule has 0 bridgehead atoms. The van der Waals surface area contributed by atoms with Gasteiger partial charge in [0.2, 0.25) is 5.76 Å². The fraction of sp³-hybridized carbons (Fsp3) is 0.222. The quantitative estimate of drug-likeness (QED) is 0.796. The molecule has 0 aromatic carbocycles. The Hall–Kier alpha value is -2.11. The van der Waals surface area contributed by atoms with Gasteiger partial charge < -0.3 is 9.63 Å². The van der Waals surface area contributed by atoms with E-state index in [-0.39, 0.29) is 5.76 Å². The lowest BCUT2D eigenvalue weighted by Crippen LogP contribution is -1.92. The van der Waals surface area contributed by atoms with Crippen LogP contribution in [0.15, 0.2) is 16.7 Å². The average molecular weight is 207 g/mol. The largest absolute Gasteiger partial charge is 0.475 e. The van der Waals surface area contributed by atoms with Gasteiger partial charge in [0.15, 0.2) is 0 Å². The van der Waals surface area contributed by atoms with Crippen molar-refractivity contribution in [3.8, 4) is 11.4 Å². The van der Waals surface area contributed by atoms with E-state index >= 15 is 0 Å². The lowest BCUT2D eigenvalue weighted by atomic mass is 10.3. The zero-order chi connectivity index (χ0) is 11.0. The normalized spacial score (nSPS) is 10.5. The zero-order valence-corrected chi connectivity index (χ0v) is 8.26. The van der Waals surface area contributed by atoms with Gasteiger partial charge in [-0.05, 0) is 13.0 Å². The molecule has 2 heterocycles. The number of rotatable bonds is 2. The summed E-state index contributed by atoms with van der Waals surface area (Å²) in [6.07, 6.45) is 0. The van der Waals surface area contributed by atoms with E-state index in [1.54, 1.807) is 11.7 Å². The number of nitrogens with zero attached hydrogens (tertiary/aromatic N) is 3. The first-order chi connectivity index (χ1) is 7.08. The van der Waals surface area contributed by atoms with Crippen LogP contribution >= 0.6 is 0 Å². The van der Waals surface area contributed by atoms with Gasteiger partial charge in [0.25, 0.3) is 0 Å². The Bertz CT molecular complexity index is 493. The van der Waals surface area contributed by atoms with Crippen molar-refractivity contribution < 1.29 is 14.4 Å². The molecule has 0 atom stereocenters. The molecule has 2 aromatic heterocycles. The number of carbonyl (C=O) groups is 1. The molecule has 0 fully saturated rings. The molecule has 0 saturated carbocycles. The van der Waals surface area contributed by atoms with Crippen molar-refractivity contribution in [2.75, 3.05) is 0 Å². The third-order valence-electron chi connectivity index (χ3n) is 2.10. The van der Waals surface area contributed by atoms with E-state index in [2.05, 4.69) is 14.8 Å². The SMILES string of the molecule is Cc1cc(-c2cc(C(=O)O)on2)nn1C. The molecule has 2 aromatic rings. The van der Waals surface area contributed by atoms with Crippen LogP contribution in [0.2, 0.25) is 0 Å². The first-order valence-electron chi connectivity index (χ1n) is 4.29. The molecule has 0 spiro atoms. The smallest absolute Gasteiger partial charge is 0.374 e. The Kier molecular flexibility index (Phi) is 2.03. The molecule has 2 rings (SSSR count). The summed E-state index contributed by atoms with van der Waals surface area (Å²) in [6, 6.07) is 3.16. The van der Waals surface area contributed by atoms with Crippen molar-refractivity contribution in [3.63, 3.8) is 0 Å². The minimum atomic E-state index is -1.14. The molecule has 0 radical (unpaired) electrons. The molecule has 6 nitrogen and oxygen atoms in total. The van der Waals surface area contributed by atoms with Gasteiger partial charge in [-0.15, -0.1) is 0 Å². The second-order valence-electron chi connectivity index (χ2n) is 3.18. The maximum absolute atomic E-state index is 10.6. The van der Waals surface area contributed by atoms with Gasteiger partial charge in [0, 0.05) is 18.8 Å². The first kappa shape index (κ1) is 9.45. The van der Waals surface area contributed by atoms with Crippen LogP contribution in [0.1, 0.15) is 16.2 Å². The number of aromatic nitrogens is 3. The summed E-state index contributed by atoms with van der Waals surface area (Å²) in [6.45, 7) is 1.90. The van der Waals surface area contributed by atoms with Crippen LogP contribution < -0.4 is 0 Å². The number of aromatic carboxylic acids is 1. The van der Waals surface area contributed by atoms with Crippen molar-refractivity contribution in [2.45, 2.75) is 6.92 Å². The Morgan fingerprint density at radius 1 is 1.47 bits per heavy atom. The summed E-state index contributed by atoms with van der Waals surface area (Å²) >= 11 is 0. The Morgan fingerprint density at radius 2 is 2.20 bits per heavy atom. The van der Waals surface area contributed by atoms with Crippen molar-refractivity contribution in [1.29, 1.82) is 0 Å². The van der Waals surface area contributed by atoms with Gasteiger partial charge >= 0.3 is 5.97 Å². The summed E-state index contributed by atoms with van der Waals surface area (Å²) in [5.41, 5.74) is 1.99. The maximum atomic E-state index is 10.6. The van der Waals surface area contributed by atoms with E-state index < -0.39 is 5.97 Å². The van der Waals surface area contributed by atoms with Crippen molar-refractivity contribution in [3.05, 3.63) is 23.6 Å². The van der Waals surface area contributed by atoms with Gasteiger partial charge in [-0.3, -0.25) is 4.68 Å².